The van der Waals surface area contributed by atoms with Gasteiger partial charge in [-0.05, 0) is 20.4 Å². The van der Waals surface area contributed by atoms with Gasteiger partial charge in [-0.15, -0.1) is 10.2 Å². The fraction of sp³-hybridized carbons (Fsp3) is 0.667. The lowest BCUT2D eigenvalue weighted by atomic mass is 10.00. The number of likely N-dealkylation sites (N-methyl/N-ethyl adjacent to an activating group) is 1. The van der Waals surface area contributed by atoms with Gasteiger partial charge in [0.1, 0.15) is 11.0 Å². The van der Waals surface area contributed by atoms with Crippen molar-refractivity contribution in [1.29, 1.82) is 0 Å². The van der Waals surface area contributed by atoms with E-state index in [4.69, 9.17) is 4.74 Å². The Labute approximate surface area is 103 Å². The Kier molecular flexibility index (Phi) is 5.17. The molecule has 7 heteroatoms. The van der Waals surface area contributed by atoms with Gasteiger partial charge in [-0.3, -0.25) is 4.79 Å². The van der Waals surface area contributed by atoms with Crippen LogP contribution in [0.25, 0.3) is 0 Å². The lowest BCUT2D eigenvalue weighted by Crippen LogP contribution is -2.48. The van der Waals surface area contributed by atoms with E-state index >= 15 is 0 Å². The summed E-state index contributed by atoms with van der Waals surface area (Å²) in [5, 5.41) is 10.7. The maximum absolute atomic E-state index is 11.5. The van der Waals surface area contributed by atoms with E-state index in [2.05, 4.69) is 15.5 Å². The Balaban J connectivity index is 2.42. The van der Waals surface area contributed by atoms with E-state index < -0.39 is 5.54 Å². The third kappa shape index (κ3) is 3.43. The van der Waals surface area contributed by atoms with Gasteiger partial charge < -0.3 is 10.1 Å². The van der Waals surface area contributed by atoms with Crippen molar-refractivity contribution in [2.75, 3.05) is 19.9 Å². The molecule has 0 fully saturated rings. The molecule has 90 valence electrons. The molecule has 0 aromatic carbocycles. The number of esters is 1. The van der Waals surface area contributed by atoms with Crippen LogP contribution in [0.4, 0.5) is 0 Å². The molecule has 1 N–H and O–H groups in total. The molecule has 0 aliphatic carbocycles. The normalized spacial score (nSPS) is 14.4. The summed E-state index contributed by atoms with van der Waals surface area (Å²) in [6, 6.07) is 0. The fourth-order valence-corrected chi connectivity index (χ4v) is 2.84. The van der Waals surface area contributed by atoms with E-state index in [1.165, 1.54) is 18.4 Å². The number of hydrogen-bond acceptors (Lipinski definition) is 7. The van der Waals surface area contributed by atoms with E-state index in [0.29, 0.717) is 6.42 Å². The molecule has 1 rings (SSSR count). The van der Waals surface area contributed by atoms with Crippen LogP contribution in [0.15, 0.2) is 9.85 Å². The molecule has 5 nitrogen and oxygen atoms in total. The molecule has 0 aliphatic heterocycles. The molecule has 0 amide bonds. The second kappa shape index (κ2) is 6.17. The van der Waals surface area contributed by atoms with Gasteiger partial charge in [-0.1, -0.05) is 23.1 Å². The van der Waals surface area contributed by atoms with Crippen molar-refractivity contribution in [2.45, 2.75) is 23.2 Å². The van der Waals surface area contributed by atoms with E-state index in [-0.39, 0.29) is 5.97 Å². The van der Waals surface area contributed by atoms with Crippen LogP contribution >= 0.6 is 23.1 Å². The molecule has 1 unspecified atom stereocenters. The SMILES string of the molecule is CNC(C)(CCSc1nncs1)C(=O)OC. The van der Waals surface area contributed by atoms with Crippen LogP contribution in [0.3, 0.4) is 0 Å². The summed E-state index contributed by atoms with van der Waals surface area (Å²) in [5.41, 5.74) is 1.06. The number of ether oxygens (including phenoxy) is 1. The summed E-state index contributed by atoms with van der Waals surface area (Å²) in [7, 11) is 3.16. The van der Waals surface area contributed by atoms with E-state index in [0.717, 1.165) is 10.1 Å². The van der Waals surface area contributed by atoms with Crippen molar-refractivity contribution in [1.82, 2.24) is 15.5 Å². The lowest BCUT2D eigenvalue weighted by Gasteiger charge is -2.25. The molecule has 1 atom stereocenters. The largest absolute Gasteiger partial charge is 0.468 e. The molecule has 1 aromatic rings. The van der Waals surface area contributed by atoms with Gasteiger partial charge >= 0.3 is 5.97 Å². The highest BCUT2D eigenvalue weighted by Crippen LogP contribution is 2.23. The molecule has 0 spiro atoms. The average Bonchev–Trinajstić information content (AvgIpc) is 2.80. The Morgan fingerprint density at radius 3 is 3.00 bits per heavy atom. The van der Waals surface area contributed by atoms with Crippen LogP contribution in [0.1, 0.15) is 13.3 Å². The molecule has 1 heterocycles. The van der Waals surface area contributed by atoms with Crippen LogP contribution in [0, 0.1) is 0 Å². The quantitative estimate of drug-likeness (QED) is 0.612. The fourth-order valence-electron chi connectivity index (χ4n) is 1.12. The molecular formula is C9H15N3O2S2. The van der Waals surface area contributed by atoms with E-state index in [1.54, 1.807) is 24.3 Å². The zero-order valence-electron chi connectivity index (χ0n) is 9.52. The highest BCUT2D eigenvalue weighted by atomic mass is 32.2. The number of methoxy groups -OCH3 is 1. The summed E-state index contributed by atoms with van der Waals surface area (Å²) in [6.45, 7) is 1.83. The highest BCUT2D eigenvalue weighted by molar-refractivity contribution is 8.00. The minimum Gasteiger partial charge on any atom is -0.468 e. The molecular weight excluding hydrogens is 246 g/mol. The number of rotatable bonds is 6. The van der Waals surface area contributed by atoms with Crippen molar-refractivity contribution < 1.29 is 9.53 Å². The van der Waals surface area contributed by atoms with E-state index in [9.17, 15) is 4.79 Å². The minimum absolute atomic E-state index is 0.243. The molecule has 0 radical (unpaired) electrons. The summed E-state index contributed by atoms with van der Waals surface area (Å²) < 4.78 is 5.68. The number of thioether (sulfide) groups is 1. The van der Waals surface area contributed by atoms with Crippen LogP contribution in [0.2, 0.25) is 0 Å². The number of nitrogens with one attached hydrogen (secondary N) is 1. The second-order valence-electron chi connectivity index (χ2n) is 3.38. The standard InChI is InChI=1S/C9H15N3O2S2/c1-9(10-2,7(13)14-3)4-5-15-8-12-11-6-16-8/h6,10H,4-5H2,1-3H3. The van der Waals surface area contributed by atoms with Gasteiger partial charge in [0.25, 0.3) is 0 Å². The number of hydrogen-bond donors (Lipinski definition) is 1. The van der Waals surface area contributed by atoms with Crippen LogP contribution in [0.5, 0.6) is 0 Å². The molecule has 0 saturated carbocycles. The van der Waals surface area contributed by atoms with Crippen molar-refractivity contribution in [2.24, 2.45) is 0 Å². The predicted octanol–water partition coefficient (Wildman–Crippen LogP) is 1.17. The third-order valence-corrected chi connectivity index (χ3v) is 4.22. The Morgan fingerprint density at radius 1 is 1.75 bits per heavy atom. The van der Waals surface area contributed by atoms with Crippen molar-refractivity contribution in [3.8, 4) is 0 Å². The van der Waals surface area contributed by atoms with Crippen molar-refractivity contribution in [3.63, 3.8) is 0 Å². The number of carbonyl (C=O) groups excluding carboxylic acids is 1. The zero-order valence-corrected chi connectivity index (χ0v) is 11.2. The van der Waals surface area contributed by atoms with E-state index in [1.807, 2.05) is 6.92 Å². The number of carbonyl (C=O) groups is 1. The summed E-state index contributed by atoms with van der Waals surface area (Å²) in [5.74, 6) is 0.551. The van der Waals surface area contributed by atoms with Crippen molar-refractivity contribution in [3.05, 3.63) is 5.51 Å². The van der Waals surface area contributed by atoms with Gasteiger partial charge in [0, 0.05) is 5.75 Å². The maximum atomic E-state index is 11.5. The zero-order chi connectivity index (χ0) is 12.0. The Bertz CT molecular complexity index is 332. The molecule has 0 bridgehead atoms. The van der Waals surface area contributed by atoms with Crippen LogP contribution in [-0.2, 0) is 9.53 Å². The Hall–Kier alpha value is -0.660. The summed E-state index contributed by atoms with van der Waals surface area (Å²) >= 11 is 3.09. The minimum atomic E-state index is -0.633. The van der Waals surface area contributed by atoms with Crippen LogP contribution in [-0.4, -0.2) is 41.6 Å². The number of aromatic nitrogens is 2. The topological polar surface area (TPSA) is 64.1 Å². The molecule has 1 aromatic heterocycles. The Morgan fingerprint density at radius 2 is 2.50 bits per heavy atom. The van der Waals surface area contributed by atoms with Gasteiger partial charge in [-0.25, -0.2) is 0 Å². The first-order valence-corrected chi connectivity index (χ1v) is 6.65. The summed E-state index contributed by atoms with van der Waals surface area (Å²) in [6.07, 6.45) is 0.681. The van der Waals surface area contributed by atoms with Gasteiger partial charge in [0.15, 0.2) is 4.34 Å². The van der Waals surface area contributed by atoms with Gasteiger partial charge in [0.2, 0.25) is 0 Å². The second-order valence-corrected chi connectivity index (χ2v) is 5.55. The van der Waals surface area contributed by atoms with Gasteiger partial charge in [-0.2, -0.15) is 0 Å². The first kappa shape index (κ1) is 13.4. The molecule has 0 aliphatic rings. The van der Waals surface area contributed by atoms with Gasteiger partial charge in [0.05, 0.1) is 7.11 Å². The number of nitrogens with zero attached hydrogens (tertiary/aromatic N) is 2. The predicted molar refractivity (Wildman–Crippen MR) is 64.7 cm³/mol. The third-order valence-electron chi connectivity index (χ3n) is 2.36. The smallest absolute Gasteiger partial charge is 0.325 e. The average molecular weight is 261 g/mol. The maximum Gasteiger partial charge on any atom is 0.325 e. The molecule has 0 saturated heterocycles. The summed E-state index contributed by atoms with van der Waals surface area (Å²) in [4.78, 5) is 11.5. The lowest BCUT2D eigenvalue weighted by molar-refractivity contribution is -0.147. The monoisotopic (exact) mass is 261 g/mol. The first-order valence-electron chi connectivity index (χ1n) is 4.78. The van der Waals surface area contributed by atoms with Crippen LogP contribution < -0.4 is 5.32 Å². The van der Waals surface area contributed by atoms with Crippen molar-refractivity contribution >= 4 is 29.1 Å². The molecule has 16 heavy (non-hydrogen) atoms. The highest BCUT2D eigenvalue weighted by Gasteiger charge is 2.31. The first-order chi connectivity index (χ1) is 7.62.